The highest BCUT2D eigenvalue weighted by Crippen LogP contribution is 2.18. The van der Waals surface area contributed by atoms with Gasteiger partial charge in [-0.3, -0.25) is 9.59 Å². The minimum Gasteiger partial charge on any atom is -0.480 e. The summed E-state index contributed by atoms with van der Waals surface area (Å²) < 4.78 is 12.8. The molecule has 1 amide bonds. The number of benzene rings is 1. The molecular formula is C13H12FNO4. The molecule has 0 spiro atoms. The minimum atomic E-state index is -1.21. The molecule has 2 rings (SSSR count). The number of piperidine rings is 1. The second-order valence-electron chi connectivity index (χ2n) is 4.35. The molecule has 0 radical (unpaired) electrons. The van der Waals surface area contributed by atoms with Crippen LogP contribution >= 0.6 is 0 Å². The second kappa shape index (κ2) is 5.17. The van der Waals surface area contributed by atoms with Gasteiger partial charge < -0.3 is 10.0 Å². The van der Waals surface area contributed by atoms with Crippen molar-refractivity contribution in [3.63, 3.8) is 0 Å². The lowest BCUT2D eigenvalue weighted by Gasteiger charge is -2.32. The van der Waals surface area contributed by atoms with Crippen LogP contribution < -0.4 is 0 Å². The van der Waals surface area contributed by atoms with Gasteiger partial charge in [-0.1, -0.05) is 0 Å². The number of carboxylic acid groups (broad SMARTS) is 1. The van der Waals surface area contributed by atoms with Crippen LogP contribution in [0.3, 0.4) is 0 Å². The van der Waals surface area contributed by atoms with Gasteiger partial charge in [-0.25, -0.2) is 9.18 Å². The number of nitrogens with zero attached hydrogens (tertiary/aromatic N) is 1. The molecule has 1 saturated heterocycles. The van der Waals surface area contributed by atoms with E-state index in [1.165, 1.54) is 12.1 Å². The lowest BCUT2D eigenvalue weighted by atomic mass is 9.99. The molecule has 0 bridgehead atoms. The summed E-state index contributed by atoms with van der Waals surface area (Å²) in [5, 5.41) is 9.06. The molecule has 1 aromatic rings. The number of carboxylic acids is 1. The number of rotatable bonds is 2. The van der Waals surface area contributed by atoms with E-state index in [9.17, 15) is 18.8 Å². The van der Waals surface area contributed by atoms with E-state index in [1.807, 2.05) is 0 Å². The Labute approximate surface area is 108 Å². The highest BCUT2D eigenvalue weighted by atomic mass is 19.1. The molecule has 1 aliphatic rings. The van der Waals surface area contributed by atoms with Crippen LogP contribution in [0.5, 0.6) is 0 Å². The van der Waals surface area contributed by atoms with Crippen molar-refractivity contribution < 1.29 is 23.9 Å². The highest BCUT2D eigenvalue weighted by Gasteiger charge is 2.35. The maximum absolute atomic E-state index is 12.8. The lowest BCUT2D eigenvalue weighted by molar-refractivity contribution is -0.146. The number of ketones is 1. The van der Waals surface area contributed by atoms with Gasteiger partial charge in [0.25, 0.3) is 5.91 Å². The van der Waals surface area contributed by atoms with Crippen LogP contribution in [-0.2, 0) is 9.59 Å². The fraction of sp³-hybridized carbons (Fsp3) is 0.308. The fourth-order valence-corrected chi connectivity index (χ4v) is 2.05. The van der Waals surface area contributed by atoms with Crippen LogP contribution in [0.4, 0.5) is 4.39 Å². The Morgan fingerprint density at radius 3 is 2.47 bits per heavy atom. The van der Waals surface area contributed by atoms with Gasteiger partial charge in [0.2, 0.25) is 0 Å². The van der Waals surface area contributed by atoms with E-state index in [1.54, 1.807) is 0 Å². The number of hydrogen-bond acceptors (Lipinski definition) is 3. The van der Waals surface area contributed by atoms with Crippen molar-refractivity contribution in [3.8, 4) is 0 Å². The smallest absolute Gasteiger partial charge is 0.326 e. The quantitative estimate of drug-likeness (QED) is 0.868. The average Bonchev–Trinajstić information content (AvgIpc) is 2.38. The monoisotopic (exact) mass is 265 g/mol. The summed E-state index contributed by atoms with van der Waals surface area (Å²) in [6.45, 7) is 0.0754. The molecule has 1 aromatic carbocycles. The molecule has 19 heavy (non-hydrogen) atoms. The van der Waals surface area contributed by atoms with Crippen molar-refractivity contribution in [1.29, 1.82) is 0 Å². The molecule has 6 heteroatoms. The van der Waals surface area contributed by atoms with Gasteiger partial charge in [-0.05, 0) is 24.3 Å². The number of amides is 1. The van der Waals surface area contributed by atoms with Gasteiger partial charge in [-0.2, -0.15) is 0 Å². The summed E-state index contributed by atoms with van der Waals surface area (Å²) in [5.41, 5.74) is 0.210. The summed E-state index contributed by atoms with van der Waals surface area (Å²) in [4.78, 5) is 35.7. The number of likely N-dealkylation sites (tertiary alicyclic amines) is 1. The van der Waals surface area contributed by atoms with Gasteiger partial charge in [-0.15, -0.1) is 0 Å². The normalized spacial score (nSPS) is 19.3. The van der Waals surface area contributed by atoms with Crippen molar-refractivity contribution in [2.24, 2.45) is 0 Å². The van der Waals surface area contributed by atoms with E-state index in [2.05, 4.69) is 0 Å². The van der Waals surface area contributed by atoms with Crippen LogP contribution in [0.15, 0.2) is 24.3 Å². The van der Waals surface area contributed by atoms with Gasteiger partial charge in [0, 0.05) is 24.9 Å². The minimum absolute atomic E-state index is 0.0754. The first kappa shape index (κ1) is 13.2. The third-order valence-electron chi connectivity index (χ3n) is 3.07. The van der Waals surface area contributed by atoms with Crippen molar-refractivity contribution in [2.75, 3.05) is 6.54 Å². The average molecular weight is 265 g/mol. The largest absolute Gasteiger partial charge is 0.480 e. The SMILES string of the molecule is O=C1CCN(C(=O)c2ccc(F)cc2)C(C(=O)O)C1. The van der Waals surface area contributed by atoms with E-state index >= 15 is 0 Å². The first-order valence-electron chi connectivity index (χ1n) is 5.80. The van der Waals surface area contributed by atoms with Crippen molar-refractivity contribution in [2.45, 2.75) is 18.9 Å². The van der Waals surface area contributed by atoms with E-state index in [-0.39, 0.29) is 30.7 Å². The molecule has 1 fully saturated rings. The Balaban J connectivity index is 2.23. The maximum Gasteiger partial charge on any atom is 0.326 e. The third-order valence-corrected chi connectivity index (χ3v) is 3.07. The predicted octanol–water partition coefficient (Wildman–Crippen LogP) is 1.08. The van der Waals surface area contributed by atoms with Crippen LogP contribution in [0, 0.1) is 5.82 Å². The van der Waals surface area contributed by atoms with E-state index in [0.717, 1.165) is 17.0 Å². The summed E-state index contributed by atoms with van der Waals surface area (Å²) in [5.74, 6) is -2.35. The summed E-state index contributed by atoms with van der Waals surface area (Å²) in [6, 6.07) is 3.73. The van der Waals surface area contributed by atoms with E-state index < -0.39 is 23.7 Å². The molecule has 1 unspecified atom stereocenters. The number of Topliss-reactive ketones (excluding diaryl/α,β-unsaturated/α-hetero) is 1. The number of hydrogen-bond donors (Lipinski definition) is 1. The number of halogens is 1. The van der Waals surface area contributed by atoms with Crippen LogP contribution in [-0.4, -0.2) is 40.3 Å². The van der Waals surface area contributed by atoms with Crippen molar-refractivity contribution >= 4 is 17.7 Å². The van der Waals surface area contributed by atoms with Gasteiger partial charge in [0.05, 0.1) is 0 Å². The van der Waals surface area contributed by atoms with Crippen molar-refractivity contribution in [3.05, 3.63) is 35.6 Å². The van der Waals surface area contributed by atoms with Crippen LogP contribution in [0.1, 0.15) is 23.2 Å². The number of aliphatic carboxylic acids is 1. The fourth-order valence-electron chi connectivity index (χ4n) is 2.05. The zero-order chi connectivity index (χ0) is 14.0. The van der Waals surface area contributed by atoms with Gasteiger partial charge in [0.15, 0.2) is 0 Å². The Morgan fingerprint density at radius 2 is 1.89 bits per heavy atom. The second-order valence-corrected chi connectivity index (χ2v) is 4.35. The molecule has 5 nitrogen and oxygen atoms in total. The summed E-state index contributed by atoms with van der Waals surface area (Å²) in [7, 11) is 0. The van der Waals surface area contributed by atoms with Crippen LogP contribution in [0.2, 0.25) is 0 Å². The zero-order valence-electron chi connectivity index (χ0n) is 10.0. The first-order valence-corrected chi connectivity index (χ1v) is 5.80. The Hall–Kier alpha value is -2.24. The molecular weight excluding hydrogens is 253 g/mol. The first-order chi connectivity index (χ1) is 8.99. The van der Waals surface area contributed by atoms with E-state index in [0.29, 0.717) is 0 Å². The van der Waals surface area contributed by atoms with Crippen molar-refractivity contribution in [1.82, 2.24) is 4.90 Å². The molecule has 1 N–H and O–H groups in total. The zero-order valence-corrected chi connectivity index (χ0v) is 10.0. The molecule has 100 valence electrons. The van der Waals surface area contributed by atoms with Gasteiger partial charge >= 0.3 is 5.97 Å². The molecule has 0 aliphatic carbocycles. The molecule has 0 aromatic heterocycles. The van der Waals surface area contributed by atoms with Gasteiger partial charge in [0.1, 0.15) is 17.6 Å². The molecule has 1 atom stereocenters. The summed E-state index contributed by atoms with van der Waals surface area (Å²) in [6.07, 6.45) is -0.0288. The topological polar surface area (TPSA) is 74.7 Å². The van der Waals surface area contributed by atoms with E-state index in [4.69, 9.17) is 5.11 Å². The Morgan fingerprint density at radius 1 is 1.26 bits per heavy atom. The molecule has 1 heterocycles. The molecule has 0 saturated carbocycles. The molecule has 1 aliphatic heterocycles. The Kier molecular flexibility index (Phi) is 3.59. The Bertz CT molecular complexity index is 526. The predicted molar refractivity (Wildman–Crippen MR) is 63.1 cm³/mol. The standard InChI is InChI=1S/C13H12FNO4/c14-9-3-1-8(2-4-9)12(17)15-6-5-10(16)7-11(15)13(18)19/h1-4,11H,5-7H2,(H,18,19). The third kappa shape index (κ3) is 2.78. The number of carbonyl (C=O) groups is 3. The van der Waals surface area contributed by atoms with Crippen LogP contribution in [0.25, 0.3) is 0 Å². The number of carbonyl (C=O) groups excluding carboxylic acids is 2. The maximum atomic E-state index is 12.8. The summed E-state index contributed by atoms with van der Waals surface area (Å²) >= 11 is 0. The lowest BCUT2D eigenvalue weighted by Crippen LogP contribution is -2.50. The highest BCUT2D eigenvalue weighted by molar-refractivity contribution is 5.99.